The maximum Gasteiger partial charge on any atom is 0.346 e. The third-order valence-electron chi connectivity index (χ3n) is 5.53. The van der Waals surface area contributed by atoms with Gasteiger partial charge in [-0.05, 0) is 39.7 Å². The molecule has 2 aliphatic rings. The van der Waals surface area contributed by atoms with E-state index < -0.39 is 34.2 Å². The molecule has 0 bridgehead atoms. The van der Waals surface area contributed by atoms with Gasteiger partial charge in [-0.15, -0.1) is 0 Å². The molecular formula is C19H24N2O7. The van der Waals surface area contributed by atoms with Crippen LogP contribution in [0.15, 0.2) is 24.3 Å². The Hall–Kier alpha value is -2.52. The summed E-state index contributed by atoms with van der Waals surface area (Å²) in [6, 6.07) is 5.62. The van der Waals surface area contributed by atoms with Gasteiger partial charge in [-0.3, -0.25) is 19.8 Å². The van der Waals surface area contributed by atoms with Crippen molar-refractivity contribution in [1.29, 1.82) is 0 Å². The van der Waals surface area contributed by atoms with Gasteiger partial charge >= 0.3 is 5.97 Å². The van der Waals surface area contributed by atoms with Crippen LogP contribution in [-0.2, 0) is 30.5 Å². The highest BCUT2D eigenvalue weighted by Gasteiger charge is 2.65. The van der Waals surface area contributed by atoms with Gasteiger partial charge in [0.2, 0.25) is 5.91 Å². The monoisotopic (exact) mass is 392 g/mol. The van der Waals surface area contributed by atoms with Crippen molar-refractivity contribution in [2.24, 2.45) is 5.92 Å². The number of non-ortho nitro benzene ring substituents is 1. The van der Waals surface area contributed by atoms with Crippen molar-refractivity contribution < 1.29 is 29.0 Å². The molecule has 3 rings (SSSR count). The Bertz CT molecular complexity index is 792. The molecule has 0 spiro atoms. The second-order valence-electron chi connectivity index (χ2n) is 7.91. The van der Waals surface area contributed by atoms with Crippen LogP contribution in [0.1, 0.15) is 39.7 Å². The van der Waals surface area contributed by atoms with Crippen molar-refractivity contribution >= 4 is 17.6 Å². The highest BCUT2D eigenvalue weighted by atomic mass is 17.2. The summed E-state index contributed by atoms with van der Waals surface area (Å²) in [5.41, 5.74) is -0.575. The predicted octanol–water partition coefficient (Wildman–Crippen LogP) is 2.37. The lowest BCUT2D eigenvalue weighted by Gasteiger charge is -2.64. The molecule has 0 aromatic heterocycles. The molecule has 3 atom stereocenters. The molecule has 2 aliphatic heterocycles. The molecular weight excluding hydrogens is 368 g/mol. The summed E-state index contributed by atoms with van der Waals surface area (Å²) in [4.78, 5) is 46.7. The number of amides is 1. The zero-order valence-electron chi connectivity index (χ0n) is 16.3. The molecule has 2 fully saturated rings. The molecule has 0 saturated carbocycles. The quantitative estimate of drug-likeness (QED) is 0.316. The van der Waals surface area contributed by atoms with E-state index in [-0.39, 0.29) is 18.0 Å². The van der Waals surface area contributed by atoms with Gasteiger partial charge in [0.1, 0.15) is 11.8 Å². The van der Waals surface area contributed by atoms with Gasteiger partial charge in [0.05, 0.1) is 29.4 Å². The molecule has 2 heterocycles. The number of rotatable bonds is 6. The van der Waals surface area contributed by atoms with Crippen molar-refractivity contribution in [1.82, 2.24) is 4.90 Å². The predicted molar refractivity (Wildman–Crippen MR) is 96.8 cm³/mol. The Morgan fingerprint density at radius 1 is 1.36 bits per heavy atom. The van der Waals surface area contributed by atoms with Gasteiger partial charge < -0.3 is 9.64 Å². The van der Waals surface area contributed by atoms with E-state index >= 15 is 0 Å². The van der Waals surface area contributed by atoms with Crippen LogP contribution in [0, 0.1) is 16.0 Å². The number of fused-ring (bicyclic) bond motifs is 1. The highest BCUT2D eigenvalue weighted by Crippen LogP contribution is 2.50. The normalized spacial score (nSPS) is 26.8. The van der Waals surface area contributed by atoms with Crippen LogP contribution in [0.5, 0.6) is 0 Å². The average Bonchev–Trinajstić information content (AvgIpc) is 2.59. The van der Waals surface area contributed by atoms with Gasteiger partial charge in [-0.2, -0.15) is 4.89 Å². The molecule has 152 valence electrons. The summed E-state index contributed by atoms with van der Waals surface area (Å²) in [5.74, 6) is -1.16. The number of ether oxygens (including phenoxy) is 1. The minimum absolute atomic E-state index is 0.0531. The Labute approximate surface area is 162 Å². The van der Waals surface area contributed by atoms with E-state index in [9.17, 15) is 19.7 Å². The fourth-order valence-corrected chi connectivity index (χ4v) is 4.27. The van der Waals surface area contributed by atoms with Crippen molar-refractivity contribution in [2.45, 2.75) is 57.9 Å². The molecule has 1 aromatic carbocycles. The van der Waals surface area contributed by atoms with E-state index in [1.807, 2.05) is 20.8 Å². The first-order valence-corrected chi connectivity index (χ1v) is 9.14. The summed E-state index contributed by atoms with van der Waals surface area (Å²) in [6.07, 6.45) is -0.0197. The SMILES string of the molecule is CC(OOC(=O)Cc1ccc([N+](=O)[O-])cc1)C1C(=O)N2C(C)(C)OCCC12C. The van der Waals surface area contributed by atoms with Crippen molar-refractivity contribution in [2.75, 3.05) is 6.61 Å². The van der Waals surface area contributed by atoms with E-state index in [0.29, 0.717) is 18.6 Å². The summed E-state index contributed by atoms with van der Waals surface area (Å²) in [7, 11) is 0. The highest BCUT2D eigenvalue weighted by molar-refractivity contribution is 5.89. The Morgan fingerprint density at radius 3 is 2.61 bits per heavy atom. The molecule has 0 N–H and O–H groups in total. The molecule has 1 amide bonds. The standard InChI is InChI=1S/C19H24N2O7/c1-12(16-17(23)20-18(2,3)26-10-9-19(16,20)4)27-28-15(22)11-13-5-7-14(8-6-13)21(24)25/h5-8,12,16H,9-11H2,1-4H3. The summed E-state index contributed by atoms with van der Waals surface area (Å²) < 4.78 is 5.69. The van der Waals surface area contributed by atoms with Crippen LogP contribution >= 0.6 is 0 Å². The number of nitrogens with zero attached hydrogens (tertiary/aromatic N) is 2. The van der Waals surface area contributed by atoms with E-state index in [4.69, 9.17) is 14.5 Å². The van der Waals surface area contributed by atoms with Crippen LogP contribution in [0.2, 0.25) is 0 Å². The summed E-state index contributed by atoms with van der Waals surface area (Å²) >= 11 is 0. The van der Waals surface area contributed by atoms with E-state index in [1.165, 1.54) is 24.3 Å². The Kier molecular flexibility index (Phi) is 5.16. The van der Waals surface area contributed by atoms with Gasteiger partial charge in [-0.25, -0.2) is 4.79 Å². The van der Waals surface area contributed by atoms with Crippen LogP contribution in [0.4, 0.5) is 5.69 Å². The van der Waals surface area contributed by atoms with Gasteiger partial charge in [0.25, 0.3) is 5.69 Å². The van der Waals surface area contributed by atoms with Crippen LogP contribution in [0.3, 0.4) is 0 Å². The van der Waals surface area contributed by atoms with Crippen molar-refractivity contribution in [3.05, 3.63) is 39.9 Å². The lowest BCUT2D eigenvalue weighted by molar-refractivity contribution is -0.384. The van der Waals surface area contributed by atoms with Gasteiger partial charge in [0.15, 0.2) is 0 Å². The van der Waals surface area contributed by atoms with Crippen LogP contribution < -0.4 is 0 Å². The van der Waals surface area contributed by atoms with Gasteiger partial charge in [-0.1, -0.05) is 12.1 Å². The second kappa shape index (κ2) is 7.14. The molecule has 1 aromatic rings. The first-order chi connectivity index (χ1) is 13.1. The molecule has 0 aliphatic carbocycles. The summed E-state index contributed by atoms with van der Waals surface area (Å²) in [5, 5.41) is 10.7. The Morgan fingerprint density at radius 2 is 2.00 bits per heavy atom. The van der Waals surface area contributed by atoms with Crippen LogP contribution in [0.25, 0.3) is 0 Å². The second-order valence-corrected chi connectivity index (χ2v) is 7.91. The number of hydrogen-bond acceptors (Lipinski definition) is 7. The molecule has 28 heavy (non-hydrogen) atoms. The van der Waals surface area contributed by atoms with E-state index in [0.717, 1.165) is 0 Å². The fraction of sp³-hybridized carbons (Fsp3) is 0.579. The number of hydrogen-bond donors (Lipinski definition) is 0. The smallest absolute Gasteiger partial charge is 0.346 e. The molecule has 9 nitrogen and oxygen atoms in total. The molecule has 0 radical (unpaired) electrons. The number of nitro groups is 1. The first kappa shape index (κ1) is 20.2. The minimum atomic E-state index is -0.674. The number of benzene rings is 1. The van der Waals surface area contributed by atoms with E-state index in [1.54, 1.807) is 11.8 Å². The molecule has 3 unspecified atom stereocenters. The topological polar surface area (TPSA) is 108 Å². The largest absolute Gasteiger partial charge is 0.356 e. The average molecular weight is 392 g/mol. The van der Waals surface area contributed by atoms with Gasteiger partial charge in [0, 0.05) is 12.1 Å². The van der Waals surface area contributed by atoms with Crippen molar-refractivity contribution in [3.63, 3.8) is 0 Å². The van der Waals surface area contributed by atoms with Crippen LogP contribution in [-0.4, -0.2) is 45.7 Å². The fourth-order valence-electron chi connectivity index (χ4n) is 4.27. The zero-order chi connectivity index (χ0) is 20.7. The number of carbonyl (C=O) groups excluding carboxylic acids is 2. The first-order valence-electron chi connectivity index (χ1n) is 9.14. The lowest BCUT2D eigenvalue weighted by Crippen LogP contribution is -2.79. The molecule has 2 saturated heterocycles. The number of nitro benzene ring substituents is 1. The lowest BCUT2D eigenvalue weighted by atomic mass is 9.67. The van der Waals surface area contributed by atoms with Crippen molar-refractivity contribution in [3.8, 4) is 0 Å². The third-order valence-corrected chi connectivity index (χ3v) is 5.53. The summed E-state index contributed by atoms with van der Waals surface area (Å²) in [6.45, 7) is 7.94. The Balaban J connectivity index is 1.55. The maximum absolute atomic E-state index is 12.7. The zero-order valence-corrected chi connectivity index (χ0v) is 16.3. The third kappa shape index (κ3) is 3.47. The number of β-lactam (4-membered cyclic amide) rings is 1. The maximum atomic E-state index is 12.7. The number of carbonyl (C=O) groups is 2. The molecule has 9 heteroatoms. The minimum Gasteiger partial charge on any atom is -0.356 e. The van der Waals surface area contributed by atoms with E-state index in [2.05, 4.69) is 0 Å².